The van der Waals surface area contributed by atoms with Crippen molar-refractivity contribution in [2.24, 2.45) is 0 Å². The molecular weight excluding hydrogens is 317 g/mol. The molecule has 0 bridgehead atoms. The number of pyridine rings is 1. The Morgan fingerprint density at radius 1 is 1.41 bits per heavy atom. The van der Waals surface area contributed by atoms with Gasteiger partial charge in [0.1, 0.15) is 17.8 Å². The maximum Gasteiger partial charge on any atom is 0.343 e. The maximum atomic E-state index is 11.5. The zero-order chi connectivity index (χ0) is 16.3. The van der Waals surface area contributed by atoms with Gasteiger partial charge in [-0.1, -0.05) is 0 Å². The van der Waals surface area contributed by atoms with Crippen LogP contribution >= 0.6 is 8.60 Å². The van der Waals surface area contributed by atoms with Crippen molar-refractivity contribution in [3.63, 3.8) is 0 Å². The highest BCUT2D eigenvalue weighted by atomic mass is 31.2. The zero-order valence-electron chi connectivity index (χ0n) is 11.6. The van der Waals surface area contributed by atoms with Gasteiger partial charge in [-0.25, -0.2) is 4.79 Å². The summed E-state index contributed by atoms with van der Waals surface area (Å²) in [5.74, 6) is -0.548. The number of esters is 1. The Labute approximate surface area is 127 Å². The summed E-state index contributed by atoms with van der Waals surface area (Å²) in [7, 11) is -1.33. The molecule has 4 N–H and O–H groups in total. The summed E-state index contributed by atoms with van der Waals surface area (Å²) in [5, 5.41) is 20.0. The minimum atomic E-state index is -2.58. The third-order valence-electron chi connectivity index (χ3n) is 3.23. The number of rotatable bonds is 5. The standard InChI is InChI=1S/C12H17NO8P/c1-19-12(16)7-3-2-4-13(5-7)11-10(15)9(14)8(21-11)6-20-22(17)18/h2-5,8-11,14-15,17-18H,6H2,1H3/q+1. The van der Waals surface area contributed by atoms with E-state index in [1.165, 1.54) is 23.9 Å². The van der Waals surface area contributed by atoms with Gasteiger partial charge >= 0.3 is 14.6 Å². The second-order valence-electron chi connectivity index (χ2n) is 4.63. The Hall–Kier alpha value is -1.19. The summed E-state index contributed by atoms with van der Waals surface area (Å²) in [4.78, 5) is 28.9. The van der Waals surface area contributed by atoms with Crippen molar-refractivity contribution in [3.8, 4) is 0 Å². The van der Waals surface area contributed by atoms with Crippen molar-refractivity contribution in [1.82, 2.24) is 0 Å². The van der Waals surface area contributed by atoms with Crippen LogP contribution < -0.4 is 4.57 Å². The molecule has 2 rings (SSSR count). The predicted octanol–water partition coefficient (Wildman–Crippen LogP) is -1.39. The minimum absolute atomic E-state index is 0.254. The first kappa shape index (κ1) is 17.2. The molecule has 0 aromatic carbocycles. The number of aliphatic hydroxyl groups excluding tert-OH is 2. The van der Waals surface area contributed by atoms with E-state index in [1.54, 1.807) is 12.3 Å². The summed E-state index contributed by atoms with van der Waals surface area (Å²) >= 11 is 0. The molecule has 0 saturated carbocycles. The Balaban J connectivity index is 2.13. The van der Waals surface area contributed by atoms with Crippen molar-refractivity contribution in [2.75, 3.05) is 13.7 Å². The molecule has 1 aliphatic heterocycles. The number of nitrogens with zero attached hydrogens (tertiary/aromatic N) is 1. The highest BCUT2D eigenvalue weighted by molar-refractivity contribution is 7.39. The van der Waals surface area contributed by atoms with Gasteiger partial charge in [0.15, 0.2) is 18.5 Å². The molecule has 0 aliphatic carbocycles. The molecule has 1 aromatic rings. The van der Waals surface area contributed by atoms with Crippen molar-refractivity contribution < 1.29 is 43.4 Å². The molecular formula is C12H17NO8P+. The summed E-state index contributed by atoms with van der Waals surface area (Å²) in [6, 6.07) is 3.10. The molecule has 4 unspecified atom stereocenters. The lowest BCUT2D eigenvalue weighted by molar-refractivity contribution is -0.765. The maximum absolute atomic E-state index is 11.5. The fourth-order valence-electron chi connectivity index (χ4n) is 2.14. The average Bonchev–Trinajstić information content (AvgIpc) is 2.80. The van der Waals surface area contributed by atoms with E-state index in [9.17, 15) is 15.0 Å². The smallest absolute Gasteiger partial charge is 0.343 e. The molecule has 0 amide bonds. The van der Waals surface area contributed by atoms with Gasteiger partial charge in [-0.3, -0.25) is 0 Å². The first-order chi connectivity index (χ1) is 10.4. The second kappa shape index (κ2) is 7.38. The summed E-state index contributed by atoms with van der Waals surface area (Å²) in [6.45, 7) is -0.287. The van der Waals surface area contributed by atoms with Gasteiger partial charge in [0, 0.05) is 6.07 Å². The lowest BCUT2D eigenvalue weighted by Gasteiger charge is -2.13. The van der Waals surface area contributed by atoms with E-state index >= 15 is 0 Å². The molecule has 2 heterocycles. The van der Waals surface area contributed by atoms with E-state index in [1.807, 2.05) is 0 Å². The van der Waals surface area contributed by atoms with E-state index in [0.29, 0.717) is 0 Å². The lowest BCUT2D eigenvalue weighted by Crippen LogP contribution is -2.46. The summed E-state index contributed by atoms with van der Waals surface area (Å²) < 4.78 is 16.1. The number of hydrogen-bond donors (Lipinski definition) is 4. The Kier molecular flexibility index (Phi) is 5.76. The zero-order valence-corrected chi connectivity index (χ0v) is 12.5. The SMILES string of the molecule is COC(=O)c1ccc[n+](C2OC(COP(O)O)C(O)C2O)c1. The van der Waals surface area contributed by atoms with Crippen LogP contribution in [0.1, 0.15) is 16.6 Å². The predicted molar refractivity (Wildman–Crippen MR) is 71.2 cm³/mol. The number of aromatic nitrogens is 1. The Bertz CT molecular complexity index is 528. The van der Waals surface area contributed by atoms with Crippen molar-refractivity contribution in [1.29, 1.82) is 0 Å². The van der Waals surface area contributed by atoms with E-state index in [0.717, 1.165) is 0 Å². The molecule has 1 aromatic heterocycles. The van der Waals surface area contributed by atoms with Crippen LogP contribution in [-0.4, -0.2) is 58.0 Å². The number of methoxy groups -OCH3 is 1. The lowest BCUT2D eigenvalue weighted by atomic mass is 10.1. The minimum Gasteiger partial charge on any atom is -0.465 e. The summed E-state index contributed by atoms with van der Waals surface area (Å²) in [5.41, 5.74) is 0.254. The number of carbonyl (C=O) groups excluding carboxylic acids is 1. The van der Waals surface area contributed by atoms with Crippen LogP contribution in [0.15, 0.2) is 24.5 Å². The van der Waals surface area contributed by atoms with E-state index in [2.05, 4.69) is 9.26 Å². The van der Waals surface area contributed by atoms with Crippen molar-refractivity contribution in [2.45, 2.75) is 24.5 Å². The number of aliphatic hydroxyl groups is 2. The van der Waals surface area contributed by atoms with E-state index in [4.69, 9.17) is 14.5 Å². The largest absolute Gasteiger partial charge is 0.465 e. The third-order valence-corrected chi connectivity index (χ3v) is 3.61. The topological polar surface area (TPSA) is 130 Å². The van der Waals surface area contributed by atoms with Gasteiger partial charge in [0.2, 0.25) is 0 Å². The molecule has 1 saturated heterocycles. The first-order valence-corrected chi connectivity index (χ1v) is 7.52. The molecule has 1 aliphatic rings. The van der Waals surface area contributed by atoms with Gasteiger partial charge in [-0.05, 0) is 6.07 Å². The highest BCUT2D eigenvalue weighted by Gasteiger charge is 2.48. The summed E-state index contributed by atoms with van der Waals surface area (Å²) in [6.07, 6.45) is -1.44. The first-order valence-electron chi connectivity index (χ1n) is 6.35. The molecule has 0 spiro atoms. The Morgan fingerprint density at radius 3 is 2.77 bits per heavy atom. The monoisotopic (exact) mass is 334 g/mol. The molecule has 9 nitrogen and oxygen atoms in total. The van der Waals surface area contributed by atoms with Crippen LogP contribution in [0.25, 0.3) is 0 Å². The molecule has 4 atom stereocenters. The van der Waals surface area contributed by atoms with E-state index in [-0.39, 0.29) is 12.2 Å². The van der Waals surface area contributed by atoms with Gasteiger partial charge in [-0.2, -0.15) is 4.57 Å². The van der Waals surface area contributed by atoms with Crippen LogP contribution in [0, 0.1) is 0 Å². The second-order valence-corrected chi connectivity index (χ2v) is 5.39. The Morgan fingerprint density at radius 2 is 2.14 bits per heavy atom. The normalized spacial score (nSPS) is 28.1. The van der Waals surface area contributed by atoms with Crippen LogP contribution in [0.3, 0.4) is 0 Å². The molecule has 22 heavy (non-hydrogen) atoms. The fraction of sp³-hybridized carbons (Fsp3) is 0.500. The molecule has 10 heteroatoms. The molecule has 122 valence electrons. The van der Waals surface area contributed by atoms with Crippen LogP contribution in [0.4, 0.5) is 0 Å². The number of ether oxygens (including phenoxy) is 2. The average molecular weight is 334 g/mol. The van der Waals surface area contributed by atoms with Crippen LogP contribution in [0.2, 0.25) is 0 Å². The van der Waals surface area contributed by atoms with E-state index < -0.39 is 39.1 Å². The van der Waals surface area contributed by atoms with Crippen molar-refractivity contribution >= 4 is 14.6 Å². The quantitative estimate of drug-likeness (QED) is 0.294. The van der Waals surface area contributed by atoms with Crippen molar-refractivity contribution in [3.05, 3.63) is 30.1 Å². The molecule has 1 fully saturated rings. The van der Waals surface area contributed by atoms with Gasteiger partial charge in [0.05, 0.1) is 13.7 Å². The highest BCUT2D eigenvalue weighted by Crippen LogP contribution is 2.30. The van der Waals surface area contributed by atoms with Crippen LogP contribution in [0.5, 0.6) is 0 Å². The number of hydrogen-bond acceptors (Lipinski definition) is 8. The van der Waals surface area contributed by atoms with Crippen LogP contribution in [-0.2, 0) is 14.0 Å². The fourth-order valence-corrected chi connectivity index (χ4v) is 2.42. The number of carbonyl (C=O) groups is 1. The van der Waals surface area contributed by atoms with Gasteiger partial charge in [0.25, 0.3) is 6.23 Å². The third kappa shape index (κ3) is 3.76. The van der Waals surface area contributed by atoms with Gasteiger partial charge < -0.3 is 34.0 Å². The van der Waals surface area contributed by atoms with Gasteiger partial charge in [-0.15, -0.1) is 0 Å². The molecule has 0 radical (unpaired) electrons.